The van der Waals surface area contributed by atoms with Crippen molar-refractivity contribution in [2.45, 2.75) is 153 Å². The van der Waals surface area contributed by atoms with Crippen molar-refractivity contribution in [2.24, 2.45) is 33.5 Å². The lowest BCUT2D eigenvalue weighted by Crippen LogP contribution is -2.63. The van der Waals surface area contributed by atoms with E-state index in [1.807, 2.05) is 0 Å². The first-order valence-corrected chi connectivity index (χ1v) is 29.5. The third-order valence-electron chi connectivity index (χ3n) is 15.1. The fourth-order valence-electron chi connectivity index (χ4n) is 10.4. The third kappa shape index (κ3) is 20.2. The van der Waals surface area contributed by atoms with Gasteiger partial charge in [0.05, 0.1) is 19.5 Å². The van der Waals surface area contributed by atoms with Crippen molar-refractivity contribution in [3.8, 4) is 5.75 Å². The number of nitrogens with two attached hydrogens (primary N) is 3. The molecule has 0 radical (unpaired) electrons. The molecule has 4 heterocycles. The number of fused-ring (bicyclic) bond motifs is 1. The van der Waals surface area contributed by atoms with Crippen LogP contribution in [0.1, 0.15) is 96.4 Å². The molecular weight excluding hydrogens is 1150 g/mol. The average molecular weight is 1240 g/mol. The molecule has 19 N–H and O–H groups in total. The summed E-state index contributed by atoms with van der Waals surface area (Å²) in [6.07, 6.45) is 5.18. The first-order chi connectivity index (χ1) is 42.2. The number of para-hydroxylation sites is 1. The molecular formula is C59H83N17O13. The normalized spacial score (nSPS) is 17.1. The second-order valence-electron chi connectivity index (χ2n) is 23.7. The summed E-state index contributed by atoms with van der Waals surface area (Å²) in [5, 5.41) is 45.4. The van der Waals surface area contributed by atoms with E-state index >= 15 is 0 Å². The van der Waals surface area contributed by atoms with Crippen LogP contribution in [0.3, 0.4) is 0 Å². The smallest absolute Gasteiger partial charge is 0.245 e. The van der Waals surface area contributed by atoms with E-state index in [1.54, 1.807) is 65.1 Å². The highest BCUT2D eigenvalue weighted by molar-refractivity contribution is 6.00. The van der Waals surface area contributed by atoms with E-state index in [0.717, 1.165) is 0 Å². The van der Waals surface area contributed by atoms with Crippen molar-refractivity contribution in [3.05, 3.63) is 84.1 Å². The molecule has 11 amide bonds. The van der Waals surface area contributed by atoms with Gasteiger partial charge in [0.25, 0.3) is 0 Å². The second kappa shape index (κ2) is 31.9. The van der Waals surface area contributed by atoms with Crippen LogP contribution in [0.25, 0.3) is 10.9 Å². The summed E-state index contributed by atoms with van der Waals surface area (Å²) < 4.78 is 0. The molecule has 9 atom stereocenters. The van der Waals surface area contributed by atoms with Crippen molar-refractivity contribution in [1.29, 1.82) is 0 Å². The third-order valence-corrected chi connectivity index (χ3v) is 15.1. The maximum absolute atomic E-state index is 14.8. The molecule has 89 heavy (non-hydrogen) atoms. The number of aliphatic hydroxyl groups excluding tert-OH is 1. The average Bonchev–Trinajstić information content (AvgIpc) is 3.82. The van der Waals surface area contributed by atoms with Gasteiger partial charge in [-0.2, -0.15) is 0 Å². The van der Waals surface area contributed by atoms with Crippen LogP contribution in [0.15, 0.2) is 72.2 Å². The number of aromatic amines is 2. The lowest BCUT2D eigenvalue weighted by molar-refractivity contribution is -0.142. The highest BCUT2D eigenvalue weighted by Gasteiger charge is 2.41. The molecule has 4 aromatic rings. The number of aliphatic hydroxyl groups is 1. The molecule has 0 spiro atoms. The summed E-state index contributed by atoms with van der Waals surface area (Å²) in [4.78, 5) is 167. The Morgan fingerprint density at radius 1 is 0.730 bits per heavy atom. The van der Waals surface area contributed by atoms with Crippen molar-refractivity contribution in [3.63, 3.8) is 0 Å². The lowest BCUT2D eigenvalue weighted by Gasteiger charge is -2.34. The lowest BCUT2D eigenvalue weighted by atomic mass is 9.85. The number of likely N-dealkylation sites (tertiary alicyclic amines) is 1. The number of imidazole rings is 1. The van der Waals surface area contributed by atoms with Gasteiger partial charge >= 0.3 is 0 Å². The minimum atomic E-state index is -1.78. The molecule has 6 rings (SSSR count). The summed E-state index contributed by atoms with van der Waals surface area (Å²) in [5.74, 6) is -8.88. The first-order valence-electron chi connectivity index (χ1n) is 29.5. The van der Waals surface area contributed by atoms with E-state index in [9.17, 15) is 63.0 Å². The number of nitrogens with one attached hydrogen (secondary N) is 11. The van der Waals surface area contributed by atoms with Crippen LogP contribution in [0.5, 0.6) is 5.75 Å². The number of hydrogen-bond donors (Lipinski definition) is 16. The molecule has 0 saturated carbocycles. The Morgan fingerprint density at radius 3 is 1.97 bits per heavy atom. The Labute approximate surface area is 513 Å². The first kappa shape index (κ1) is 68.5. The van der Waals surface area contributed by atoms with Crippen LogP contribution in [-0.2, 0) is 72.0 Å². The number of aromatic nitrogens is 3. The van der Waals surface area contributed by atoms with Crippen molar-refractivity contribution < 1.29 is 63.0 Å². The molecule has 2 saturated heterocycles. The molecule has 2 aromatic heterocycles. The van der Waals surface area contributed by atoms with Gasteiger partial charge in [-0.3, -0.25) is 57.7 Å². The summed E-state index contributed by atoms with van der Waals surface area (Å²) in [6.45, 7) is 7.30. The number of carbonyl (C=O) groups is 11. The van der Waals surface area contributed by atoms with Gasteiger partial charge in [-0.1, -0.05) is 65.0 Å². The molecule has 0 bridgehead atoms. The molecule has 2 fully saturated rings. The number of carbonyl (C=O) groups excluding carboxylic acids is 11. The van der Waals surface area contributed by atoms with Gasteiger partial charge in [-0.05, 0) is 79.2 Å². The quantitative estimate of drug-likeness (QED) is 0.0136. The van der Waals surface area contributed by atoms with Gasteiger partial charge in [0, 0.05) is 67.8 Å². The molecule has 0 aliphatic carbocycles. The van der Waals surface area contributed by atoms with Gasteiger partial charge in [-0.25, -0.2) is 4.98 Å². The van der Waals surface area contributed by atoms with Crippen LogP contribution in [-0.4, -0.2) is 182 Å². The SMILES string of the molecule is CC(C)C[C@H](NC(=O)[C@H](NC(=O)[C@H](Cc1ccc(O)cc1)NC(=O)[C@H](CO)NC(=O)[C@H](Cc1c[nH]c2ccccc12)NC(=O)[C@H](Cc1cnc[nH]1)NC(=O)[C@@H]1CCC(=O)N1)C(C)(C)C)C(=O)N[C@@H](CCCN=C(N)N)C(=O)N1CCC[C@H]1C(=O)NCC(N)=O. The minimum absolute atomic E-state index is 0.00626. The maximum atomic E-state index is 14.8. The zero-order valence-electron chi connectivity index (χ0n) is 50.5. The number of H-pyrrole nitrogens is 2. The highest BCUT2D eigenvalue weighted by atomic mass is 16.3. The fourth-order valence-corrected chi connectivity index (χ4v) is 10.4. The van der Waals surface area contributed by atoms with Crippen molar-refractivity contribution in [1.82, 2.24) is 67.7 Å². The minimum Gasteiger partial charge on any atom is -0.508 e. The molecule has 2 aliphatic rings. The van der Waals surface area contributed by atoms with Gasteiger partial charge in [0.2, 0.25) is 65.0 Å². The summed E-state index contributed by atoms with van der Waals surface area (Å²) in [7, 11) is 0. The van der Waals surface area contributed by atoms with Crippen LogP contribution < -0.4 is 65.1 Å². The zero-order chi connectivity index (χ0) is 65.1. The van der Waals surface area contributed by atoms with Crippen LogP contribution in [0.2, 0.25) is 0 Å². The molecule has 0 unspecified atom stereocenters. The van der Waals surface area contributed by atoms with Crippen LogP contribution in [0.4, 0.5) is 0 Å². The van der Waals surface area contributed by atoms with E-state index in [2.05, 4.69) is 67.8 Å². The van der Waals surface area contributed by atoms with E-state index in [4.69, 9.17) is 17.2 Å². The highest BCUT2D eigenvalue weighted by Crippen LogP contribution is 2.24. The number of hydrogen-bond acceptors (Lipinski definition) is 15. The molecule has 30 nitrogen and oxygen atoms in total. The van der Waals surface area contributed by atoms with Gasteiger partial charge in [-0.15, -0.1) is 0 Å². The van der Waals surface area contributed by atoms with Crippen molar-refractivity contribution in [2.75, 3.05) is 26.2 Å². The number of phenols is 1. The monoisotopic (exact) mass is 1240 g/mol. The second-order valence-corrected chi connectivity index (χ2v) is 23.7. The van der Waals surface area contributed by atoms with Gasteiger partial charge < -0.3 is 90.1 Å². The summed E-state index contributed by atoms with van der Waals surface area (Å²) in [5.41, 5.74) is 17.3. The number of benzene rings is 2. The number of aromatic hydroxyl groups is 1. The fraction of sp³-hybridized carbons (Fsp3) is 0.508. The number of nitrogens with zero attached hydrogens (tertiary/aromatic N) is 3. The Hall–Kier alpha value is -9.61. The Morgan fingerprint density at radius 2 is 1.35 bits per heavy atom. The topological polar surface area (TPSA) is 475 Å². The maximum Gasteiger partial charge on any atom is 0.245 e. The number of amides is 11. The van der Waals surface area contributed by atoms with E-state index in [-0.39, 0.29) is 94.4 Å². The summed E-state index contributed by atoms with van der Waals surface area (Å²) in [6, 6.07) is 0.849. The van der Waals surface area contributed by atoms with Gasteiger partial charge in [0.1, 0.15) is 60.1 Å². The number of guanidine groups is 1. The standard InChI is InChI=1S/C59H83N17O13/c1-31(2)22-40(50(82)69-39(12-8-20-64-58(61)62)57(89)76-21-9-13-45(76)55(87)66-28-46(60)79)73-56(88)48(59(3,4)5)75-53(85)41(23-32-14-16-35(78)17-15-32)70-54(86)44(29-77)74-51(83)42(24-33-26-65-37-11-7-6-10-36(33)37)71-52(84)43(25-34-27-63-30-67-34)72-49(81)38-18-19-47(80)68-38/h6-7,10-11,14-17,26-27,30-31,38-45,48,65,77-78H,8-9,12-13,18-25,28-29H2,1-5H3,(H2,60,79)(H,63,67)(H,66,87)(H,68,80)(H,69,82)(H,70,86)(H,71,84)(H,72,81)(H,73,88)(H,74,83)(H,75,85)(H4,61,62,64)/t38-,39-,40-,41-,42-,43-,44-,45-,48-/m0/s1. The molecule has 2 aliphatic heterocycles. The van der Waals surface area contributed by atoms with Crippen LogP contribution >= 0.6 is 0 Å². The zero-order valence-corrected chi connectivity index (χ0v) is 50.5. The van der Waals surface area contributed by atoms with E-state index in [1.165, 1.54) is 41.7 Å². The van der Waals surface area contributed by atoms with Crippen LogP contribution in [0, 0.1) is 11.3 Å². The Balaban J connectivity index is 1.23. The number of rotatable bonds is 31. The number of primary amides is 1. The van der Waals surface area contributed by atoms with E-state index < -0.39 is 132 Å². The molecule has 2 aromatic carbocycles. The number of phenolic OH excluding ortho intramolecular Hbond substituents is 1. The molecule has 30 heteroatoms. The van der Waals surface area contributed by atoms with Gasteiger partial charge in [0.15, 0.2) is 5.96 Å². The largest absolute Gasteiger partial charge is 0.508 e. The summed E-state index contributed by atoms with van der Waals surface area (Å²) >= 11 is 0. The van der Waals surface area contributed by atoms with Crippen molar-refractivity contribution >= 4 is 81.8 Å². The predicted octanol–water partition coefficient (Wildman–Crippen LogP) is -2.97. The number of aliphatic imine (C=N–C) groups is 1. The Bertz CT molecular complexity index is 3190. The molecule has 482 valence electrons. The Kier molecular flexibility index (Phi) is 24.5. The predicted molar refractivity (Wildman–Crippen MR) is 324 cm³/mol. The van der Waals surface area contributed by atoms with E-state index in [0.29, 0.717) is 34.1 Å².